The molecule has 0 saturated heterocycles. The predicted octanol–water partition coefficient (Wildman–Crippen LogP) is 0.409. The van der Waals surface area contributed by atoms with Crippen LogP contribution in [0.15, 0.2) is 0 Å². The van der Waals surface area contributed by atoms with E-state index in [2.05, 4.69) is 5.32 Å². The second kappa shape index (κ2) is 5.98. The van der Waals surface area contributed by atoms with Gasteiger partial charge in [-0.15, -0.1) is 0 Å². The summed E-state index contributed by atoms with van der Waals surface area (Å²) in [6.45, 7) is 0.399. The minimum atomic E-state index is -0.350. The minimum absolute atomic E-state index is 0.332. The van der Waals surface area contributed by atoms with E-state index in [4.69, 9.17) is 10.5 Å². The van der Waals surface area contributed by atoms with Crippen LogP contribution in [0.25, 0.3) is 0 Å². The van der Waals surface area contributed by atoms with Crippen LogP contribution < -0.4 is 11.1 Å². The van der Waals surface area contributed by atoms with Crippen molar-refractivity contribution < 1.29 is 9.53 Å². The van der Waals surface area contributed by atoms with Gasteiger partial charge in [0.1, 0.15) is 6.04 Å². The van der Waals surface area contributed by atoms with E-state index in [-0.39, 0.29) is 11.9 Å². The quantitative estimate of drug-likeness (QED) is 0.675. The fraction of sp³-hybridized carbons (Fsp3) is 0.900. The molecule has 1 fully saturated rings. The van der Waals surface area contributed by atoms with E-state index in [1.807, 2.05) is 0 Å². The molecular formula is C10H20N2O2. The summed E-state index contributed by atoms with van der Waals surface area (Å²) in [7, 11) is 1.72. The summed E-state index contributed by atoms with van der Waals surface area (Å²) < 4.78 is 5.63. The van der Waals surface area contributed by atoms with Crippen LogP contribution in [-0.2, 0) is 9.53 Å². The number of amides is 1. The van der Waals surface area contributed by atoms with Gasteiger partial charge in [0.15, 0.2) is 0 Å². The number of carbonyl (C=O) groups excluding carboxylic acids is 1. The maximum Gasteiger partial charge on any atom is 0.236 e. The van der Waals surface area contributed by atoms with Crippen molar-refractivity contribution in [3.05, 3.63) is 0 Å². The van der Waals surface area contributed by atoms with Gasteiger partial charge in [-0.05, 0) is 19.9 Å². The molecule has 0 aromatic carbocycles. The van der Waals surface area contributed by atoms with Crippen LogP contribution in [0.1, 0.15) is 32.1 Å². The largest absolute Gasteiger partial charge is 0.376 e. The lowest BCUT2D eigenvalue weighted by Gasteiger charge is -2.23. The Morgan fingerprint density at radius 1 is 1.50 bits per heavy atom. The van der Waals surface area contributed by atoms with Crippen molar-refractivity contribution >= 4 is 5.91 Å². The summed E-state index contributed by atoms with van der Waals surface area (Å²) in [4.78, 5) is 10.9. The molecule has 1 atom stereocenters. The average Bonchev–Trinajstić information content (AvgIpc) is 2.20. The Morgan fingerprint density at radius 2 is 2.14 bits per heavy atom. The lowest BCUT2D eigenvalue weighted by molar-refractivity contribution is -0.122. The molecular weight excluding hydrogens is 180 g/mol. The van der Waals surface area contributed by atoms with Crippen molar-refractivity contribution in [3.8, 4) is 0 Å². The lowest BCUT2D eigenvalue weighted by atomic mass is 9.98. The van der Waals surface area contributed by atoms with Crippen LogP contribution >= 0.6 is 0 Å². The van der Waals surface area contributed by atoms with Crippen molar-refractivity contribution in [1.29, 1.82) is 0 Å². The van der Waals surface area contributed by atoms with Crippen LogP contribution in [0.3, 0.4) is 0 Å². The number of primary amides is 1. The molecule has 1 saturated carbocycles. The Kier molecular flexibility index (Phi) is 4.90. The van der Waals surface area contributed by atoms with Gasteiger partial charge < -0.3 is 15.8 Å². The molecule has 1 rings (SSSR count). The van der Waals surface area contributed by atoms with Crippen molar-refractivity contribution in [1.82, 2.24) is 5.32 Å². The summed E-state index contributed by atoms with van der Waals surface area (Å²) in [5.74, 6) is -0.344. The van der Waals surface area contributed by atoms with E-state index in [0.717, 1.165) is 12.8 Å². The minimum Gasteiger partial charge on any atom is -0.376 e. The Balaban J connectivity index is 2.20. The van der Waals surface area contributed by atoms with Gasteiger partial charge in [-0.25, -0.2) is 0 Å². The molecule has 14 heavy (non-hydrogen) atoms. The third-order valence-electron chi connectivity index (χ3n) is 2.74. The van der Waals surface area contributed by atoms with Crippen molar-refractivity contribution in [2.24, 2.45) is 5.73 Å². The Morgan fingerprint density at radius 3 is 2.64 bits per heavy atom. The molecule has 0 aromatic heterocycles. The van der Waals surface area contributed by atoms with Gasteiger partial charge in [-0.1, -0.05) is 19.3 Å². The van der Waals surface area contributed by atoms with Crippen molar-refractivity contribution in [2.75, 3.05) is 13.7 Å². The third-order valence-corrected chi connectivity index (χ3v) is 2.74. The molecule has 0 spiro atoms. The SMILES string of the molecule is CNC(COC1CCCCC1)C(N)=O. The maximum absolute atomic E-state index is 10.9. The van der Waals surface area contributed by atoms with E-state index in [0.29, 0.717) is 12.7 Å². The molecule has 1 unspecified atom stereocenters. The molecule has 1 aliphatic rings. The molecule has 1 amide bonds. The highest BCUT2D eigenvalue weighted by molar-refractivity contribution is 5.79. The van der Waals surface area contributed by atoms with Gasteiger partial charge >= 0.3 is 0 Å². The van der Waals surface area contributed by atoms with Crippen LogP contribution in [0.2, 0.25) is 0 Å². The third kappa shape index (κ3) is 3.64. The number of hydrogen-bond acceptors (Lipinski definition) is 3. The normalized spacial score (nSPS) is 20.6. The van der Waals surface area contributed by atoms with Gasteiger partial charge in [0.05, 0.1) is 12.7 Å². The number of hydrogen-bond donors (Lipinski definition) is 2. The molecule has 0 aliphatic heterocycles. The number of nitrogens with two attached hydrogens (primary N) is 1. The molecule has 82 valence electrons. The fourth-order valence-electron chi connectivity index (χ4n) is 1.77. The predicted molar refractivity (Wildman–Crippen MR) is 54.9 cm³/mol. The summed E-state index contributed by atoms with van der Waals surface area (Å²) in [5, 5.41) is 2.84. The number of likely N-dealkylation sites (N-methyl/N-ethyl adjacent to an activating group) is 1. The second-order valence-electron chi connectivity index (χ2n) is 3.84. The number of rotatable bonds is 5. The highest BCUT2D eigenvalue weighted by Crippen LogP contribution is 2.20. The first-order chi connectivity index (χ1) is 6.74. The van der Waals surface area contributed by atoms with E-state index < -0.39 is 0 Å². The van der Waals surface area contributed by atoms with Gasteiger partial charge in [0.2, 0.25) is 5.91 Å². The van der Waals surface area contributed by atoms with Crippen LogP contribution in [0.5, 0.6) is 0 Å². The number of nitrogens with one attached hydrogen (secondary N) is 1. The molecule has 1 aliphatic carbocycles. The molecule has 3 N–H and O–H groups in total. The Labute approximate surface area is 85.2 Å². The van der Waals surface area contributed by atoms with Gasteiger partial charge in [-0.2, -0.15) is 0 Å². The second-order valence-corrected chi connectivity index (χ2v) is 3.84. The van der Waals surface area contributed by atoms with Crippen molar-refractivity contribution in [2.45, 2.75) is 44.2 Å². The smallest absolute Gasteiger partial charge is 0.236 e. The number of ether oxygens (including phenoxy) is 1. The summed E-state index contributed by atoms with van der Waals surface area (Å²) >= 11 is 0. The Hall–Kier alpha value is -0.610. The van der Waals surface area contributed by atoms with Crippen molar-refractivity contribution in [3.63, 3.8) is 0 Å². The summed E-state index contributed by atoms with van der Waals surface area (Å²) in [6, 6.07) is -0.350. The average molecular weight is 200 g/mol. The summed E-state index contributed by atoms with van der Waals surface area (Å²) in [5.41, 5.74) is 5.18. The Bertz CT molecular complexity index is 179. The molecule has 4 nitrogen and oxygen atoms in total. The van der Waals surface area contributed by atoms with Gasteiger partial charge in [0, 0.05) is 0 Å². The zero-order valence-corrected chi connectivity index (χ0v) is 8.79. The topological polar surface area (TPSA) is 64.3 Å². The van der Waals surface area contributed by atoms with Crippen LogP contribution in [0, 0.1) is 0 Å². The lowest BCUT2D eigenvalue weighted by Crippen LogP contribution is -2.43. The zero-order valence-electron chi connectivity index (χ0n) is 8.79. The standard InChI is InChI=1S/C10H20N2O2/c1-12-9(10(11)13)7-14-8-5-3-2-4-6-8/h8-9,12H,2-7H2,1H3,(H2,11,13). The first-order valence-electron chi connectivity index (χ1n) is 5.32. The maximum atomic E-state index is 10.9. The molecule has 0 bridgehead atoms. The summed E-state index contributed by atoms with van der Waals surface area (Å²) in [6.07, 6.45) is 6.37. The van der Waals surface area contributed by atoms with Crippen LogP contribution in [0.4, 0.5) is 0 Å². The van der Waals surface area contributed by atoms with E-state index >= 15 is 0 Å². The molecule has 4 heteroatoms. The van der Waals surface area contributed by atoms with E-state index in [1.165, 1.54) is 19.3 Å². The van der Waals surface area contributed by atoms with Gasteiger partial charge in [-0.3, -0.25) is 4.79 Å². The first kappa shape index (κ1) is 11.5. The van der Waals surface area contributed by atoms with Crippen LogP contribution in [-0.4, -0.2) is 31.7 Å². The monoisotopic (exact) mass is 200 g/mol. The highest BCUT2D eigenvalue weighted by Gasteiger charge is 2.18. The molecule has 0 aromatic rings. The first-order valence-corrected chi connectivity index (χ1v) is 5.32. The number of carbonyl (C=O) groups is 1. The van der Waals surface area contributed by atoms with E-state index in [9.17, 15) is 4.79 Å². The van der Waals surface area contributed by atoms with E-state index in [1.54, 1.807) is 7.05 Å². The fourth-order valence-corrected chi connectivity index (χ4v) is 1.77. The zero-order chi connectivity index (χ0) is 10.4. The highest BCUT2D eigenvalue weighted by atomic mass is 16.5. The molecule has 0 heterocycles. The van der Waals surface area contributed by atoms with Gasteiger partial charge in [0.25, 0.3) is 0 Å². The molecule has 0 radical (unpaired) electrons.